The first kappa shape index (κ1) is 18.8. The molecule has 1 atom stereocenters. The van der Waals surface area contributed by atoms with Gasteiger partial charge in [-0.15, -0.1) is 11.3 Å². The third-order valence-electron chi connectivity index (χ3n) is 5.23. The average molecular weight is 399 g/mol. The highest BCUT2D eigenvalue weighted by Crippen LogP contribution is 2.32. The van der Waals surface area contributed by atoms with Crippen molar-refractivity contribution in [2.45, 2.75) is 19.8 Å². The number of hydrogen-bond donors (Lipinski definition) is 1. The second kappa shape index (κ2) is 8.22. The Morgan fingerprint density at radius 1 is 1.18 bits per heavy atom. The summed E-state index contributed by atoms with van der Waals surface area (Å²) in [6.07, 6.45) is 1.99. The molecule has 1 aliphatic heterocycles. The molecule has 7 heteroatoms. The molecule has 0 spiro atoms. The molecule has 0 amide bonds. The number of benzene rings is 1. The van der Waals surface area contributed by atoms with E-state index in [1.807, 2.05) is 6.07 Å². The van der Waals surface area contributed by atoms with Crippen LogP contribution in [0.3, 0.4) is 0 Å². The molecule has 4 rings (SSSR count). The van der Waals surface area contributed by atoms with E-state index >= 15 is 0 Å². The van der Waals surface area contributed by atoms with Gasteiger partial charge in [0, 0.05) is 49.9 Å². The van der Waals surface area contributed by atoms with E-state index in [1.54, 1.807) is 25.6 Å². The van der Waals surface area contributed by atoms with Crippen LogP contribution < -0.4 is 19.7 Å². The van der Waals surface area contributed by atoms with E-state index in [4.69, 9.17) is 14.5 Å². The third-order valence-corrected chi connectivity index (χ3v) is 6.04. The van der Waals surface area contributed by atoms with Gasteiger partial charge in [-0.3, -0.25) is 0 Å². The van der Waals surface area contributed by atoms with Crippen LogP contribution in [0.4, 0.5) is 11.5 Å². The first-order chi connectivity index (χ1) is 13.7. The highest BCUT2D eigenvalue weighted by molar-refractivity contribution is 7.16. The Hall–Kier alpha value is -2.54. The zero-order chi connectivity index (χ0) is 19.5. The Balaban J connectivity index is 1.44. The number of anilines is 2. The Morgan fingerprint density at radius 2 is 1.96 bits per heavy atom. The van der Waals surface area contributed by atoms with E-state index in [1.165, 1.54) is 0 Å². The van der Waals surface area contributed by atoms with E-state index < -0.39 is 0 Å². The van der Waals surface area contributed by atoms with Gasteiger partial charge in [-0.2, -0.15) is 0 Å². The van der Waals surface area contributed by atoms with Crippen LogP contribution in [0.15, 0.2) is 29.6 Å². The number of ether oxygens (including phenoxy) is 2. The predicted molar refractivity (Wildman–Crippen MR) is 115 cm³/mol. The molecule has 0 bridgehead atoms. The fraction of sp³-hybridized carbons (Fsp3) is 0.429. The molecular weight excluding hydrogens is 372 g/mol. The van der Waals surface area contributed by atoms with E-state index in [0.717, 1.165) is 71.5 Å². The number of aryl methyl sites for hydroxylation is 1. The van der Waals surface area contributed by atoms with Crippen molar-refractivity contribution >= 4 is 33.1 Å². The molecule has 1 saturated heterocycles. The molecule has 0 radical (unpaired) electrons. The van der Waals surface area contributed by atoms with Gasteiger partial charge in [-0.1, -0.05) is 6.92 Å². The summed E-state index contributed by atoms with van der Waals surface area (Å²) in [7, 11) is 3.37. The van der Waals surface area contributed by atoms with Crippen molar-refractivity contribution in [1.29, 1.82) is 0 Å². The second-order valence-corrected chi connectivity index (χ2v) is 7.93. The fourth-order valence-electron chi connectivity index (χ4n) is 3.64. The van der Waals surface area contributed by atoms with Crippen molar-refractivity contribution in [2.75, 3.05) is 44.1 Å². The molecule has 3 heterocycles. The lowest BCUT2D eigenvalue weighted by Gasteiger charge is -2.20. The van der Waals surface area contributed by atoms with Crippen LogP contribution in [0, 0.1) is 5.92 Å². The van der Waals surface area contributed by atoms with Crippen LogP contribution in [-0.4, -0.2) is 43.8 Å². The molecule has 1 aliphatic rings. The number of fused-ring (bicyclic) bond motifs is 1. The van der Waals surface area contributed by atoms with E-state index in [2.05, 4.69) is 45.7 Å². The molecule has 1 N–H and O–H groups in total. The van der Waals surface area contributed by atoms with E-state index in [0.29, 0.717) is 5.92 Å². The number of thiophene rings is 1. The van der Waals surface area contributed by atoms with Crippen molar-refractivity contribution < 1.29 is 9.47 Å². The Labute approximate surface area is 169 Å². The molecule has 1 unspecified atom stereocenters. The number of aromatic nitrogens is 2. The summed E-state index contributed by atoms with van der Waals surface area (Å²) in [5.74, 6) is 4.07. The number of rotatable bonds is 7. The van der Waals surface area contributed by atoms with Crippen molar-refractivity contribution in [3.63, 3.8) is 0 Å². The van der Waals surface area contributed by atoms with Gasteiger partial charge >= 0.3 is 0 Å². The molecule has 1 fully saturated rings. The largest absolute Gasteiger partial charge is 0.497 e. The first-order valence-corrected chi connectivity index (χ1v) is 10.5. The van der Waals surface area contributed by atoms with Gasteiger partial charge in [0.15, 0.2) is 0 Å². The van der Waals surface area contributed by atoms with Crippen LogP contribution in [0.1, 0.15) is 19.2 Å². The molecule has 28 heavy (non-hydrogen) atoms. The van der Waals surface area contributed by atoms with E-state index in [9.17, 15) is 0 Å². The number of nitrogens with one attached hydrogen (secondary N) is 1. The summed E-state index contributed by atoms with van der Waals surface area (Å²) < 4.78 is 10.8. The lowest BCUT2D eigenvalue weighted by Crippen LogP contribution is -2.22. The number of hydrogen-bond acceptors (Lipinski definition) is 7. The maximum absolute atomic E-state index is 5.41. The monoisotopic (exact) mass is 398 g/mol. The summed E-state index contributed by atoms with van der Waals surface area (Å²) >= 11 is 1.67. The minimum absolute atomic E-state index is 0.561. The Kier molecular flexibility index (Phi) is 5.52. The van der Waals surface area contributed by atoms with Crippen LogP contribution in [0.25, 0.3) is 10.2 Å². The maximum atomic E-state index is 5.41. The highest BCUT2D eigenvalue weighted by Gasteiger charge is 2.24. The number of nitrogens with zero attached hydrogens (tertiary/aromatic N) is 3. The van der Waals surface area contributed by atoms with Gasteiger partial charge in [-0.05, 0) is 23.8 Å². The van der Waals surface area contributed by atoms with Crippen molar-refractivity contribution in [1.82, 2.24) is 9.97 Å². The lowest BCUT2D eigenvalue weighted by atomic mass is 10.1. The van der Waals surface area contributed by atoms with Crippen LogP contribution >= 0.6 is 11.3 Å². The molecule has 148 valence electrons. The zero-order valence-electron chi connectivity index (χ0n) is 16.6. The van der Waals surface area contributed by atoms with Crippen LogP contribution in [0.5, 0.6) is 11.5 Å². The second-order valence-electron chi connectivity index (χ2n) is 7.03. The number of methoxy groups -OCH3 is 2. The topological polar surface area (TPSA) is 59.5 Å². The summed E-state index contributed by atoms with van der Waals surface area (Å²) in [5, 5.41) is 6.79. The maximum Gasteiger partial charge on any atom is 0.138 e. The fourth-order valence-corrected chi connectivity index (χ4v) is 4.43. The third kappa shape index (κ3) is 3.85. The zero-order valence-corrected chi connectivity index (χ0v) is 17.4. The Morgan fingerprint density at radius 3 is 2.68 bits per heavy atom. The normalized spacial score (nSPS) is 16.5. The summed E-state index contributed by atoms with van der Waals surface area (Å²) in [4.78, 5) is 12.8. The van der Waals surface area contributed by atoms with Crippen molar-refractivity contribution in [3.8, 4) is 11.5 Å². The molecule has 6 nitrogen and oxygen atoms in total. The summed E-state index contributed by atoms with van der Waals surface area (Å²) in [6, 6.07) is 8.16. The Bertz CT molecular complexity index is 936. The van der Waals surface area contributed by atoms with Gasteiger partial charge in [0.2, 0.25) is 0 Å². The van der Waals surface area contributed by atoms with Crippen molar-refractivity contribution in [2.24, 2.45) is 5.92 Å². The molecular formula is C21H26N4O2S. The van der Waals surface area contributed by atoms with Crippen molar-refractivity contribution in [3.05, 3.63) is 35.5 Å². The van der Waals surface area contributed by atoms with Crippen LogP contribution in [-0.2, 0) is 6.42 Å². The van der Waals surface area contributed by atoms with E-state index in [-0.39, 0.29) is 0 Å². The molecule has 0 aliphatic carbocycles. The van der Waals surface area contributed by atoms with Gasteiger partial charge < -0.3 is 19.7 Å². The quantitative estimate of drug-likeness (QED) is 0.643. The van der Waals surface area contributed by atoms with Gasteiger partial charge in [0.05, 0.1) is 19.6 Å². The average Bonchev–Trinajstić information content (AvgIpc) is 3.40. The van der Waals surface area contributed by atoms with Crippen LogP contribution in [0.2, 0.25) is 0 Å². The standard InChI is InChI=1S/C21H26N4O2S/c1-4-19-23-20(18-6-8-28-21(18)24-19)22-12-14-5-7-25(13-14)15-9-16(26-2)11-17(10-15)27-3/h6,8-11,14H,4-5,7,12-13H2,1-3H3,(H,22,23,24). The molecule has 0 saturated carbocycles. The minimum atomic E-state index is 0.561. The SMILES string of the molecule is CCc1nc(NCC2CCN(c3cc(OC)cc(OC)c3)C2)c2ccsc2n1. The molecule has 3 aromatic rings. The first-order valence-electron chi connectivity index (χ1n) is 9.66. The molecule has 1 aromatic carbocycles. The lowest BCUT2D eigenvalue weighted by molar-refractivity contribution is 0.394. The van der Waals surface area contributed by atoms with Gasteiger partial charge in [0.1, 0.15) is 28.0 Å². The predicted octanol–water partition coefficient (Wildman–Crippen LogP) is 4.21. The van der Waals surface area contributed by atoms with Gasteiger partial charge in [0.25, 0.3) is 0 Å². The summed E-state index contributed by atoms with van der Waals surface area (Å²) in [6.45, 7) is 5.03. The van der Waals surface area contributed by atoms with Gasteiger partial charge in [-0.25, -0.2) is 9.97 Å². The minimum Gasteiger partial charge on any atom is -0.497 e. The smallest absolute Gasteiger partial charge is 0.138 e. The highest BCUT2D eigenvalue weighted by atomic mass is 32.1. The summed E-state index contributed by atoms with van der Waals surface area (Å²) in [5.41, 5.74) is 1.15. The molecule has 2 aromatic heterocycles.